The van der Waals surface area contributed by atoms with Gasteiger partial charge in [0.15, 0.2) is 9.84 Å². The van der Waals surface area contributed by atoms with Gasteiger partial charge in [0.05, 0.1) is 4.90 Å². The first kappa shape index (κ1) is 16.4. The molecule has 4 saturated carbocycles. The van der Waals surface area contributed by atoms with Gasteiger partial charge < -0.3 is 5.32 Å². The number of nitrogens with one attached hydrogen (secondary N) is 1. The van der Waals surface area contributed by atoms with Gasteiger partial charge >= 0.3 is 0 Å². The van der Waals surface area contributed by atoms with Gasteiger partial charge in [-0.1, -0.05) is 11.6 Å². The van der Waals surface area contributed by atoms with Gasteiger partial charge in [0.25, 0.3) is 0 Å². The van der Waals surface area contributed by atoms with Gasteiger partial charge in [0, 0.05) is 10.6 Å². The van der Waals surface area contributed by atoms with Gasteiger partial charge in [0.2, 0.25) is 5.91 Å². The summed E-state index contributed by atoms with van der Waals surface area (Å²) < 4.78 is 24.9. The van der Waals surface area contributed by atoms with E-state index in [1.54, 1.807) is 0 Å². The van der Waals surface area contributed by atoms with Gasteiger partial charge in [-0.05, 0) is 80.5 Å². The largest absolute Gasteiger partial charge is 0.350 e. The summed E-state index contributed by atoms with van der Waals surface area (Å²) in [5.41, 5.74) is -0.151. The maximum absolute atomic E-state index is 12.5. The molecule has 0 unspecified atom stereocenters. The number of hydrogen-bond acceptors (Lipinski definition) is 3. The van der Waals surface area contributed by atoms with E-state index < -0.39 is 15.6 Å². The summed E-state index contributed by atoms with van der Waals surface area (Å²) >= 11 is 5.80. The first-order chi connectivity index (χ1) is 11.3. The molecule has 0 atom stereocenters. The second-order valence-electron chi connectivity index (χ2n) is 7.96. The molecule has 0 heterocycles. The second kappa shape index (κ2) is 5.73. The SMILES string of the molecule is O=C(CS(=O)(=O)c1ccc(Cl)cc1)NC12CC3CC(CC(C3)C1)C2. The van der Waals surface area contributed by atoms with E-state index in [0.717, 1.165) is 19.3 Å². The Kier molecular flexibility index (Phi) is 3.92. The third-order valence-corrected chi connectivity index (χ3v) is 7.82. The van der Waals surface area contributed by atoms with E-state index in [0.29, 0.717) is 22.8 Å². The van der Waals surface area contributed by atoms with Crippen LogP contribution in [0, 0.1) is 17.8 Å². The Hall–Kier alpha value is -1.07. The fourth-order valence-corrected chi connectivity index (χ4v) is 6.75. The second-order valence-corrected chi connectivity index (χ2v) is 10.4. The van der Waals surface area contributed by atoms with Crippen LogP contribution in [0.2, 0.25) is 5.02 Å². The Labute approximate surface area is 147 Å². The molecule has 0 spiro atoms. The predicted octanol–water partition coefficient (Wildman–Crippen LogP) is 3.20. The highest BCUT2D eigenvalue weighted by Gasteiger charge is 2.51. The van der Waals surface area contributed by atoms with Crippen LogP contribution in [-0.4, -0.2) is 25.6 Å². The minimum Gasteiger partial charge on any atom is -0.350 e. The number of carbonyl (C=O) groups is 1. The normalized spacial score (nSPS) is 34.3. The molecule has 0 aliphatic heterocycles. The van der Waals surface area contributed by atoms with Crippen molar-refractivity contribution in [1.82, 2.24) is 5.32 Å². The number of hydrogen-bond donors (Lipinski definition) is 1. The lowest BCUT2D eigenvalue weighted by Crippen LogP contribution is -2.60. The molecule has 24 heavy (non-hydrogen) atoms. The average molecular weight is 368 g/mol. The summed E-state index contributed by atoms with van der Waals surface area (Å²) in [5, 5.41) is 3.60. The van der Waals surface area contributed by atoms with Crippen molar-refractivity contribution in [2.24, 2.45) is 17.8 Å². The molecule has 4 aliphatic rings. The van der Waals surface area contributed by atoms with Crippen LogP contribution in [0.5, 0.6) is 0 Å². The van der Waals surface area contributed by atoms with Crippen LogP contribution >= 0.6 is 11.6 Å². The summed E-state index contributed by atoms with van der Waals surface area (Å²) in [7, 11) is -3.63. The van der Waals surface area contributed by atoms with E-state index >= 15 is 0 Å². The van der Waals surface area contributed by atoms with Crippen LogP contribution in [0.4, 0.5) is 0 Å². The van der Waals surface area contributed by atoms with Gasteiger partial charge in [0.1, 0.15) is 5.75 Å². The lowest BCUT2D eigenvalue weighted by Gasteiger charge is -2.56. The number of benzene rings is 1. The summed E-state index contributed by atoms with van der Waals surface area (Å²) in [5.74, 6) is 1.28. The first-order valence-electron chi connectivity index (χ1n) is 8.63. The number of rotatable bonds is 4. The van der Waals surface area contributed by atoms with Crippen LogP contribution in [0.3, 0.4) is 0 Å². The molecule has 1 N–H and O–H groups in total. The number of amides is 1. The highest BCUT2D eigenvalue weighted by Crippen LogP contribution is 2.55. The van der Waals surface area contributed by atoms with Crippen molar-refractivity contribution in [1.29, 1.82) is 0 Å². The van der Waals surface area contributed by atoms with Gasteiger partial charge in [-0.2, -0.15) is 0 Å². The van der Waals surface area contributed by atoms with Crippen LogP contribution in [0.1, 0.15) is 38.5 Å². The number of carbonyl (C=O) groups excluding carboxylic acids is 1. The minimum atomic E-state index is -3.63. The molecule has 5 rings (SSSR count). The molecule has 0 aromatic heterocycles. The van der Waals surface area contributed by atoms with Crippen molar-refractivity contribution >= 4 is 27.3 Å². The van der Waals surface area contributed by atoms with Crippen LogP contribution in [0.15, 0.2) is 29.2 Å². The van der Waals surface area contributed by atoms with E-state index in [9.17, 15) is 13.2 Å². The Balaban J connectivity index is 1.46. The Morgan fingerprint density at radius 3 is 2.04 bits per heavy atom. The van der Waals surface area contributed by atoms with E-state index in [-0.39, 0.29) is 16.3 Å². The van der Waals surface area contributed by atoms with Crippen LogP contribution < -0.4 is 5.32 Å². The molecule has 4 aliphatic carbocycles. The zero-order valence-electron chi connectivity index (χ0n) is 13.5. The molecule has 4 bridgehead atoms. The zero-order valence-corrected chi connectivity index (χ0v) is 15.1. The molecular formula is C18H22ClNO3S. The quantitative estimate of drug-likeness (QED) is 0.888. The van der Waals surface area contributed by atoms with Crippen molar-refractivity contribution in [2.75, 3.05) is 5.75 Å². The van der Waals surface area contributed by atoms with Crippen LogP contribution in [0.25, 0.3) is 0 Å². The first-order valence-corrected chi connectivity index (χ1v) is 10.7. The fraction of sp³-hybridized carbons (Fsp3) is 0.611. The lowest BCUT2D eigenvalue weighted by atomic mass is 9.53. The summed E-state index contributed by atoms with van der Waals surface area (Å²) in [6.45, 7) is 0. The molecule has 1 aromatic rings. The maximum Gasteiger partial charge on any atom is 0.236 e. The topological polar surface area (TPSA) is 63.2 Å². The summed E-state index contributed by atoms with van der Waals surface area (Å²) in [6, 6.07) is 5.97. The standard InChI is InChI=1S/C18H22ClNO3S/c19-15-1-3-16(4-2-15)24(22,23)11-17(21)20-18-8-12-5-13(9-18)7-14(6-12)10-18/h1-4,12-14H,5-11H2,(H,20,21). The van der Waals surface area contributed by atoms with Crippen molar-refractivity contribution in [3.63, 3.8) is 0 Å². The maximum atomic E-state index is 12.5. The monoisotopic (exact) mass is 367 g/mol. The minimum absolute atomic E-state index is 0.146. The van der Waals surface area contributed by atoms with Gasteiger partial charge in [-0.25, -0.2) is 8.42 Å². The predicted molar refractivity (Wildman–Crippen MR) is 92.6 cm³/mol. The smallest absolute Gasteiger partial charge is 0.236 e. The highest BCUT2D eigenvalue weighted by atomic mass is 35.5. The molecule has 1 aromatic carbocycles. The Bertz CT molecular complexity index is 722. The molecule has 6 heteroatoms. The molecule has 4 fully saturated rings. The Morgan fingerprint density at radius 2 is 1.54 bits per heavy atom. The van der Waals surface area contributed by atoms with E-state index in [1.807, 2.05) is 0 Å². The van der Waals surface area contributed by atoms with Crippen LogP contribution in [-0.2, 0) is 14.6 Å². The van der Waals surface area contributed by atoms with Crippen molar-refractivity contribution in [2.45, 2.75) is 49.0 Å². The van der Waals surface area contributed by atoms with Gasteiger partial charge in [-0.3, -0.25) is 4.79 Å². The third kappa shape index (κ3) is 3.08. The molecule has 0 saturated heterocycles. The molecule has 130 valence electrons. The van der Waals surface area contributed by atoms with Crippen molar-refractivity contribution in [3.05, 3.63) is 29.3 Å². The van der Waals surface area contributed by atoms with Gasteiger partial charge in [-0.15, -0.1) is 0 Å². The number of halogens is 1. The molecule has 0 radical (unpaired) electrons. The lowest BCUT2D eigenvalue weighted by molar-refractivity contribution is -0.124. The van der Waals surface area contributed by atoms with E-state index in [1.165, 1.54) is 43.5 Å². The van der Waals surface area contributed by atoms with E-state index in [2.05, 4.69) is 5.32 Å². The van der Waals surface area contributed by atoms with Crippen molar-refractivity contribution < 1.29 is 13.2 Å². The molecule has 1 amide bonds. The third-order valence-electron chi connectivity index (χ3n) is 5.94. The Morgan fingerprint density at radius 1 is 1.04 bits per heavy atom. The molecular weight excluding hydrogens is 346 g/mol. The fourth-order valence-electron chi connectivity index (χ4n) is 5.49. The van der Waals surface area contributed by atoms with E-state index in [4.69, 9.17) is 11.6 Å². The summed E-state index contributed by atoms with van der Waals surface area (Å²) in [6.07, 6.45) is 6.93. The average Bonchev–Trinajstić information content (AvgIpc) is 2.44. The zero-order chi connectivity index (χ0) is 16.9. The highest BCUT2D eigenvalue weighted by molar-refractivity contribution is 7.92. The van der Waals surface area contributed by atoms with Crippen molar-refractivity contribution in [3.8, 4) is 0 Å². The number of sulfone groups is 1. The summed E-state index contributed by atoms with van der Waals surface area (Å²) in [4.78, 5) is 12.6. The molecule has 4 nitrogen and oxygen atoms in total.